The predicted molar refractivity (Wildman–Crippen MR) is 32.8 cm³/mol. The lowest BCUT2D eigenvalue weighted by atomic mass is 10.6. The zero-order chi connectivity index (χ0) is 5.82. The Hall–Kier alpha value is -1.25. The van der Waals surface area contributed by atoms with Gasteiger partial charge in [0.15, 0.2) is 0 Å². The van der Waals surface area contributed by atoms with Gasteiger partial charge in [0.25, 0.3) is 0 Å². The van der Waals surface area contributed by atoms with E-state index in [9.17, 15) is 0 Å². The molecule has 0 unspecified atom stereocenters. The van der Waals surface area contributed by atoms with Gasteiger partial charge in [-0.1, -0.05) is 6.58 Å². The van der Waals surface area contributed by atoms with Crippen molar-refractivity contribution in [3.63, 3.8) is 0 Å². The van der Waals surface area contributed by atoms with Crippen molar-refractivity contribution < 1.29 is 0 Å². The minimum Gasteiger partial charge on any atom is -0.286 e. The standard InChI is InChI=1S/C5H7N3/c1-2-8-6-4-3-5-7-8/h2-6H,1H2. The van der Waals surface area contributed by atoms with Crippen LogP contribution in [0, 0.1) is 0 Å². The van der Waals surface area contributed by atoms with Gasteiger partial charge in [0, 0.05) is 12.4 Å². The van der Waals surface area contributed by atoms with E-state index >= 15 is 0 Å². The largest absolute Gasteiger partial charge is 0.286 e. The maximum atomic E-state index is 3.84. The fourth-order valence-corrected chi connectivity index (χ4v) is 0.406. The molecule has 0 aromatic heterocycles. The van der Waals surface area contributed by atoms with Gasteiger partial charge in [-0.2, -0.15) is 10.2 Å². The number of rotatable bonds is 1. The number of nitrogens with one attached hydrogen (secondary N) is 1. The summed E-state index contributed by atoms with van der Waals surface area (Å²) in [6.45, 7) is 3.50. The fourth-order valence-electron chi connectivity index (χ4n) is 0.406. The van der Waals surface area contributed by atoms with Gasteiger partial charge in [-0.15, -0.1) is 0 Å². The lowest BCUT2D eigenvalue weighted by Crippen LogP contribution is -2.24. The van der Waals surface area contributed by atoms with Gasteiger partial charge < -0.3 is 0 Å². The molecular formula is C5H7N3. The molecule has 8 heavy (non-hydrogen) atoms. The van der Waals surface area contributed by atoms with Crippen LogP contribution in [0.25, 0.3) is 0 Å². The first-order valence-electron chi connectivity index (χ1n) is 2.30. The van der Waals surface area contributed by atoms with Crippen LogP contribution < -0.4 is 5.43 Å². The highest BCUT2D eigenvalue weighted by atomic mass is 15.7. The summed E-state index contributed by atoms with van der Waals surface area (Å²) in [5, 5.41) is 5.35. The predicted octanol–water partition coefficient (Wildman–Crippen LogP) is 0.450. The second kappa shape index (κ2) is 2.16. The summed E-state index contributed by atoms with van der Waals surface area (Å²) < 4.78 is 0. The molecule has 1 heterocycles. The van der Waals surface area contributed by atoms with Crippen LogP contribution in [0.3, 0.4) is 0 Å². The molecular weight excluding hydrogens is 102 g/mol. The summed E-state index contributed by atoms with van der Waals surface area (Å²) in [5.41, 5.74) is 2.81. The van der Waals surface area contributed by atoms with Crippen LogP contribution in [0.4, 0.5) is 0 Å². The number of hydrogen-bond acceptors (Lipinski definition) is 3. The molecule has 0 aliphatic carbocycles. The lowest BCUT2D eigenvalue weighted by Gasteiger charge is -2.13. The van der Waals surface area contributed by atoms with Crippen molar-refractivity contribution >= 4 is 6.21 Å². The summed E-state index contributed by atoms with van der Waals surface area (Å²) in [4.78, 5) is 0. The summed E-state index contributed by atoms with van der Waals surface area (Å²) in [7, 11) is 0. The van der Waals surface area contributed by atoms with Gasteiger partial charge in [0.05, 0.1) is 6.21 Å². The molecule has 0 aromatic rings. The third-order valence-electron chi connectivity index (χ3n) is 0.753. The zero-order valence-corrected chi connectivity index (χ0v) is 4.41. The van der Waals surface area contributed by atoms with E-state index in [-0.39, 0.29) is 0 Å². The van der Waals surface area contributed by atoms with Crippen LogP contribution in [-0.2, 0) is 0 Å². The molecule has 0 bridgehead atoms. The first-order chi connectivity index (χ1) is 3.93. The van der Waals surface area contributed by atoms with Crippen molar-refractivity contribution in [2.75, 3.05) is 0 Å². The molecule has 0 saturated carbocycles. The Labute approximate surface area is 48.0 Å². The van der Waals surface area contributed by atoms with E-state index in [1.165, 1.54) is 5.12 Å². The van der Waals surface area contributed by atoms with Crippen LogP contribution in [0.1, 0.15) is 0 Å². The zero-order valence-electron chi connectivity index (χ0n) is 4.41. The summed E-state index contributed by atoms with van der Waals surface area (Å²) in [5.74, 6) is 0. The molecule has 0 aromatic carbocycles. The smallest absolute Gasteiger partial charge is 0.0509 e. The van der Waals surface area contributed by atoms with Gasteiger partial charge in [0.2, 0.25) is 0 Å². The van der Waals surface area contributed by atoms with Gasteiger partial charge in [0.1, 0.15) is 0 Å². The monoisotopic (exact) mass is 109 g/mol. The molecule has 0 saturated heterocycles. The maximum Gasteiger partial charge on any atom is 0.0509 e. The molecule has 42 valence electrons. The van der Waals surface area contributed by atoms with E-state index < -0.39 is 0 Å². The topological polar surface area (TPSA) is 27.6 Å². The van der Waals surface area contributed by atoms with Crippen molar-refractivity contribution in [3.8, 4) is 0 Å². The SMILES string of the molecule is C=CN1N=CC=CN1. The number of nitrogens with zero attached hydrogens (tertiary/aromatic N) is 2. The Balaban J connectivity index is 2.51. The van der Waals surface area contributed by atoms with Crippen molar-refractivity contribution in [2.24, 2.45) is 5.10 Å². The van der Waals surface area contributed by atoms with Crippen molar-refractivity contribution in [3.05, 3.63) is 25.1 Å². The Bertz CT molecular complexity index is 137. The molecule has 0 spiro atoms. The molecule has 0 atom stereocenters. The van der Waals surface area contributed by atoms with E-state index in [0.29, 0.717) is 0 Å². The molecule has 1 rings (SSSR count). The minimum absolute atomic E-state index is 1.51. The Morgan fingerprint density at radius 1 is 1.75 bits per heavy atom. The highest BCUT2D eigenvalue weighted by Gasteiger charge is 1.88. The molecule has 1 aliphatic heterocycles. The Morgan fingerprint density at radius 3 is 3.00 bits per heavy atom. The molecule has 1 N–H and O–H groups in total. The van der Waals surface area contributed by atoms with E-state index in [0.717, 1.165) is 0 Å². The van der Waals surface area contributed by atoms with Crippen LogP contribution in [0.15, 0.2) is 30.2 Å². The molecule has 0 radical (unpaired) electrons. The average Bonchev–Trinajstić information content (AvgIpc) is 1.90. The molecule has 0 amide bonds. The van der Waals surface area contributed by atoms with E-state index in [2.05, 4.69) is 17.1 Å². The third kappa shape index (κ3) is 0.872. The second-order valence-electron chi connectivity index (χ2n) is 1.28. The Kier molecular flexibility index (Phi) is 1.32. The molecule has 3 heteroatoms. The van der Waals surface area contributed by atoms with Crippen LogP contribution in [-0.4, -0.2) is 11.3 Å². The lowest BCUT2D eigenvalue weighted by molar-refractivity contribution is 0.333. The quantitative estimate of drug-likeness (QED) is 0.529. The van der Waals surface area contributed by atoms with Gasteiger partial charge in [-0.25, -0.2) is 0 Å². The first-order valence-corrected chi connectivity index (χ1v) is 2.30. The fraction of sp³-hybridized carbons (Fsp3) is 0. The summed E-state index contributed by atoms with van der Waals surface area (Å²) >= 11 is 0. The number of hydrazine groups is 1. The van der Waals surface area contributed by atoms with E-state index in [1.54, 1.807) is 24.7 Å². The van der Waals surface area contributed by atoms with Crippen molar-refractivity contribution in [2.45, 2.75) is 0 Å². The first kappa shape index (κ1) is 4.90. The number of hydrogen-bond donors (Lipinski definition) is 1. The van der Waals surface area contributed by atoms with Crippen LogP contribution in [0.5, 0.6) is 0 Å². The average molecular weight is 109 g/mol. The number of hydrazone groups is 1. The maximum absolute atomic E-state index is 3.84. The highest BCUT2D eigenvalue weighted by Crippen LogP contribution is 1.86. The minimum atomic E-state index is 1.51. The van der Waals surface area contributed by atoms with Crippen LogP contribution in [0.2, 0.25) is 0 Å². The summed E-state index contributed by atoms with van der Waals surface area (Å²) in [6.07, 6.45) is 6.84. The summed E-state index contributed by atoms with van der Waals surface area (Å²) in [6, 6.07) is 0. The highest BCUT2D eigenvalue weighted by molar-refractivity contribution is 5.71. The van der Waals surface area contributed by atoms with Gasteiger partial charge in [-0.05, 0) is 6.08 Å². The van der Waals surface area contributed by atoms with Gasteiger partial charge in [-0.3, -0.25) is 5.43 Å². The normalized spacial score (nSPS) is 15.8. The second-order valence-corrected chi connectivity index (χ2v) is 1.28. The van der Waals surface area contributed by atoms with E-state index in [1.807, 2.05) is 0 Å². The van der Waals surface area contributed by atoms with Crippen LogP contribution >= 0.6 is 0 Å². The van der Waals surface area contributed by atoms with Crippen molar-refractivity contribution in [1.29, 1.82) is 0 Å². The van der Waals surface area contributed by atoms with Crippen molar-refractivity contribution in [1.82, 2.24) is 10.5 Å². The number of allylic oxidation sites excluding steroid dienone is 1. The molecule has 0 fully saturated rings. The molecule has 3 nitrogen and oxygen atoms in total. The van der Waals surface area contributed by atoms with Gasteiger partial charge >= 0.3 is 0 Å². The third-order valence-corrected chi connectivity index (χ3v) is 0.753. The van der Waals surface area contributed by atoms with E-state index in [4.69, 9.17) is 0 Å². The molecule has 1 aliphatic rings. The Morgan fingerprint density at radius 2 is 2.62 bits per heavy atom.